The SMILES string of the molecule is O=C(C=C1N[C@@H]2CCCC[C@H]2N1)c1ccccc1Cl. The molecule has 2 N–H and O–H groups in total. The highest BCUT2D eigenvalue weighted by Crippen LogP contribution is 2.24. The zero-order valence-corrected chi connectivity index (χ0v) is 11.4. The molecule has 2 aliphatic rings. The van der Waals surface area contributed by atoms with E-state index in [1.165, 1.54) is 25.7 Å². The van der Waals surface area contributed by atoms with Crippen LogP contribution >= 0.6 is 11.6 Å². The Morgan fingerprint density at radius 3 is 2.42 bits per heavy atom. The molecule has 1 aromatic carbocycles. The molecule has 3 rings (SSSR count). The molecule has 0 unspecified atom stereocenters. The lowest BCUT2D eigenvalue weighted by Gasteiger charge is -2.23. The van der Waals surface area contributed by atoms with Crippen LogP contribution in [0.2, 0.25) is 5.02 Å². The number of carbonyl (C=O) groups excluding carboxylic acids is 1. The van der Waals surface area contributed by atoms with Crippen LogP contribution in [0.3, 0.4) is 0 Å². The average Bonchev–Trinajstić information content (AvgIpc) is 2.81. The normalized spacial score (nSPS) is 25.2. The summed E-state index contributed by atoms with van der Waals surface area (Å²) in [7, 11) is 0. The van der Waals surface area contributed by atoms with Gasteiger partial charge in [0.25, 0.3) is 0 Å². The monoisotopic (exact) mass is 276 g/mol. The Morgan fingerprint density at radius 1 is 1.16 bits per heavy atom. The molecule has 0 amide bonds. The lowest BCUT2D eigenvalue weighted by atomic mass is 9.92. The first-order valence-electron chi connectivity index (χ1n) is 6.77. The van der Waals surface area contributed by atoms with Crippen molar-refractivity contribution in [2.75, 3.05) is 0 Å². The van der Waals surface area contributed by atoms with E-state index in [0.717, 1.165) is 5.82 Å². The van der Waals surface area contributed by atoms with Gasteiger partial charge in [0.15, 0.2) is 5.78 Å². The maximum absolute atomic E-state index is 12.2. The van der Waals surface area contributed by atoms with Crippen molar-refractivity contribution in [3.05, 3.63) is 46.7 Å². The van der Waals surface area contributed by atoms with Crippen molar-refractivity contribution in [3.8, 4) is 0 Å². The van der Waals surface area contributed by atoms with E-state index in [1.807, 2.05) is 12.1 Å². The number of hydrogen-bond acceptors (Lipinski definition) is 3. The second-order valence-electron chi connectivity index (χ2n) is 5.19. The second kappa shape index (κ2) is 5.25. The van der Waals surface area contributed by atoms with Gasteiger partial charge in [-0.3, -0.25) is 4.79 Å². The van der Waals surface area contributed by atoms with Crippen LogP contribution in [0.5, 0.6) is 0 Å². The summed E-state index contributed by atoms with van der Waals surface area (Å²) in [6.07, 6.45) is 6.51. The van der Waals surface area contributed by atoms with Crippen LogP contribution in [0.15, 0.2) is 36.2 Å². The summed E-state index contributed by atoms with van der Waals surface area (Å²) in [4.78, 5) is 12.2. The first-order chi connectivity index (χ1) is 9.24. The minimum absolute atomic E-state index is 0.0563. The molecule has 1 aliphatic carbocycles. The van der Waals surface area contributed by atoms with E-state index in [2.05, 4.69) is 10.6 Å². The number of halogens is 1. The van der Waals surface area contributed by atoms with Crippen LogP contribution in [0.1, 0.15) is 36.0 Å². The largest absolute Gasteiger partial charge is 0.367 e. The van der Waals surface area contributed by atoms with E-state index in [1.54, 1.807) is 18.2 Å². The molecule has 0 radical (unpaired) electrons. The molecule has 1 saturated heterocycles. The third-order valence-electron chi connectivity index (χ3n) is 3.86. The Hall–Kier alpha value is -1.48. The number of allylic oxidation sites excluding steroid dienone is 1. The van der Waals surface area contributed by atoms with Crippen molar-refractivity contribution in [1.82, 2.24) is 10.6 Å². The van der Waals surface area contributed by atoms with E-state index < -0.39 is 0 Å². The predicted molar refractivity (Wildman–Crippen MR) is 76.2 cm³/mol. The van der Waals surface area contributed by atoms with Gasteiger partial charge >= 0.3 is 0 Å². The predicted octanol–water partition coefficient (Wildman–Crippen LogP) is 2.87. The molecule has 2 fully saturated rings. The first kappa shape index (κ1) is 12.5. The minimum Gasteiger partial charge on any atom is -0.367 e. The van der Waals surface area contributed by atoms with Crippen molar-refractivity contribution in [2.45, 2.75) is 37.8 Å². The standard InChI is InChI=1S/C15H17ClN2O/c16-11-6-2-1-5-10(11)14(19)9-15-17-12-7-3-4-8-13(12)18-15/h1-2,5-6,9,12-13,17-18H,3-4,7-8H2/t12-,13-/m1/s1. The van der Waals surface area contributed by atoms with Crippen molar-refractivity contribution < 1.29 is 4.79 Å². The molecule has 0 spiro atoms. The molecular formula is C15H17ClN2O. The second-order valence-corrected chi connectivity index (χ2v) is 5.60. The number of benzene rings is 1. The van der Waals surface area contributed by atoms with Gasteiger partial charge in [0.1, 0.15) is 5.82 Å². The number of nitrogens with one attached hydrogen (secondary N) is 2. The van der Waals surface area contributed by atoms with Crippen molar-refractivity contribution >= 4 is 17.4 Å². The summed E-state index contributed by atoms with van der Waals surface area (Å²) in [6.45, 7) is 0. The number of rotatable bonds is 2. The summed E-state index contributed by atoms with van der Waals surface area (Å²) in [6, 6.07) is 8.09. The maximum Gasteiger partial charge on any atom is 0.190 e. The van der Waals surface area contributed by atoms with Gasteiger partial charge in [0.05, 0.1) is 5.02 Å². The third-order valence-corrected chi connectivity index (χ3v) is 4.19. The molecule has 4 heteroatoms. The summed E-state index contributed by atoms with van der Waals surface area (Å²) < 4.78 is 0. The molecule has 100 valence electrons. The highest BCUT2D eigenvalue weighted by molar-refractivity contribution is 6.34. The third kappa shape index (κ3) is 2.61. The maximum atomic E-state index is 12.2. The lowest BCUT2D eigenvalue weighted by Crippen LogP contribution is -2.36. The topological polar surface area (TPSA) is 41.1 Å². The minimum atomic E-state index is -0.0563. The van der Waals surface area contributed by atoms with E-state index >= 15 is 0 Å². The molecule has 0 bridgehead atoms. The number of fused-ring (bicyclic) bond motifs is 1. The van der Waals surface area contributed by atoms with Gasteiger partial charge in [-0.2, -0.15) is 0 Å². The highest BCUT2D eigenvalue weighted by atomic mass is 35.5. The molecule has 2 atom stereocenters. The van der Waals surface area contributed by atoms with Crippen LogP contribution in [0.25, 0.3) is 0 Å². The summed E-state index contributed by atoms with van der Waals surface area (Å²) in [5.41, 5.74) is 0.551. The van der Waals surface area contributed by atoms with Crippen molar-refractivity contribution in [3.63, 3.8) is 0 Å². The number of hydrogen-bond donors (Lipinski definition) is 2. The van der Waals surface area contributed by atoms with Crippen LogP contribution < -0.4 is 10.6 Å². The summed E-state index contributed by atoms with van der Waals surface area (Å²) in [5.74, 6) is 0.779. The Labute approximate surface area is 118 Å². The molecule has 1 aromatic rings. The van der Waals surface area contributed by atoms with Gasteiger partial charge in [0.2, 0.25) is 0 Å². The molecule has 1 aliphatic heterocycles. The number of ketones is 1. The zero-order valence-electron chi connectivity index (χ0n) is 10.7. The quantitative estimate of drug-likeness (QED) is 0.645. The molecule has 1 saturated carbocycles. The van der Waals surface area contributed by atoms with E-state index in [9.17, 15) is 4.79 Å². The van der Waals surface area contributed by atoms with Crippen LogP contribution in [-0.2, 0) is 0 Å². The fourth-order valence-corrected chi connectivity index (χ4v) is 3.10. The van der Waals surface area contributed by atoms with Gasteiger partial charge in [-0.1, -0.05) is 36.6 Å². The first-order valence-corrected chi connectivity index (χ1v) is 7.15. The van der Waals surface area contributed by atoms with Crippen LogP contribution in [0, 0.1) is 0 Å². The highest BCUT2D eigenvalue weighted by Gasteiger charge is 2.31. The Morgan fingerprint density at radius 2 is 1.79 bits per heavy atom. The molecule has 0 aromatic heterocycles. The smallest absolute Gasteiger partial charge is 0.190 e. The van der Waals surface area contributed by atoms with Gasteiger partial charge in [-0.25, -0.2) is 0 Å². The van der Waals surface area contributed by atoms with Crippen molar-refractivity contribution in [1.29, 1.82) is 0 Å². The van der Waals surface area contributed by atoms with Crippen LogP contribution in [-0.4, -0.2) is 17.9 Å². The Bertz CT molecular complexity index is 511. The van der Waals surface area contributed by atoms with E-state index in [4.69, 9.17) is 11.6 Å². The molecule has 1 heterocycles. The van der Waals surface area contributed by atoms with Crippen molar-refractivity contribution in [2.24, 2.45) is 0 Å². The lowest BCUT2D eigenvalue weighted by molar-refractivity contribution is 0.104. The molecule has 3 nitrogen and oxygen atoms in total. The number of carbonyl (C=O) groups is 1. The van der Waals surface area contributed by atoms with E-state index in [-0.39, 0.29) is 5.78 Å². The zero-order chi connectivity index (χ0) is 13.2. The summed E-state index contributed by atoms with van der Waals surface area (Å²) >= 11 is 6.04. The van der Waals surface area contributed by atoms with Gasteiger partial charge < -0.3 is 10.6 Å². The molecular weight excluding hydrogens is 260 g/mol. The Kier molecular flexibility index (Phi) is 3.47. The Balaban J connectivity index is 1.76. The van der Waals surface area contributed by atoms with Gasteiger partial charge in [-0.05, 0) is 25.0 Å². The summed E-state index contributed by atoms with van der Waals surface area (Å²) in [5, 5.41) is 7.30. The van der Waals surface area contributed by atoms with E-state index in [0.29, 0.717) is 22.7 Å². The van der Waals surface area contributed by atoms with Crippen LogP contribution in [0.4, 0.5) is 0 Å². The molecule has 19 heavy (non-hydrogen) atoms. The fraction of sp³-hybridized carbons (Fsp3) is 0.400. The van der Waals surface area contributed by atoms with Gasteiger partial charge in [0, 0.05) is 23.7 Å². The average molecular weight is 277 g/mol. The van der Waals surface area contributed by atoms with Gasteiger partial charge in [-0.15, -0.1) is 0 Å². The fourth-order valence-electron chi connectivity index (χ4n) is 2.87.